The summed E-state index contributed by atoms with van der Waals surface area (Å²) in [5.41, 5.74) is 5.92. The minimum Gasteiger partial charge on any atom is -0.396 e. The molecule has 0 aromatic heterocycles. The lowest BCUT2D eigenvalue weighted by atomic mass is 9.84. The van der Waals surface area contributed by atoms with Crippen LogP contribution in [-0.2, 0) is 4.74 Å². The summed E-state index contributed by atoms with van der Waals surface area (Å²) in [5.74, 6) is 0.547. The highest BCUT2D eigenvalue weighted by Gasteiger charge is 2.34. The third kappa shape index (κ3) is 3.59. The average Bonchev–Trinajstić information content (AvgIpc) is 2.99. The largest absolute Gasteiger partial charge is 0.396 e. The fraction of sp³-hybridized carbons (Fsp3) is 0.923. The van der Waals surface area contributed by atoms with Gasteiger partial charge in [0.2, 0.25) is 0 Å². The summed E-state index contributed by atoms with van der Waals surface area (Å²) in [6.45, 7) is 2.30. The minimum absolute atomic E-state index is 0.00325. The maximum atomic E-state index is 9.14. The Morgan fingerprint density at radius 3 is 2.83 bits per heavy atom. The Bertz CT molecular complexity index is 282. The van der Waals surface area contributed by atoms with Crippen molar-refractivity contribution in [3.8, 4) is 0 Å². The monoisotopic (exact) mass is 255 g/mol. The van der Waals surface area contributed by atoms with Gasteiger partial charge in [-0.25, -0.2) is 0 Å². The van der Waals surface area contributed by atoms with E-state index in [4.69, 9.17) is 15.6 Å². The van der Waals surface area contributed by atoms with Crippen LogP contribution in [0.4, 0.5) is 0 Å². The molecule has 1 saturated heterocycles. The molecule has 1 saturated carbocycles. The van der Waals surface area contributed by atoms with Gasteiger partial charge in [0.25, 0.3) is 0 Å². The molecular formula is C13H25N3O2. The van der Waals surface area contributed by atoms with Crippen molar-refractivity contribution < 1.29 is 9.84 Å². The fourth-order valence-corrected chi connectivity index (χ4v) is 2.87. The number of hydrogen-bond acceptors (Lipinski definition) is 3. The van der Waals surface area contributed by atoms with Crippen molar-refractivity contribution in [2.24, 2.45) is 16.1 Å². The van der Waals surface area contributed by atoms with Crippen LogP contribution in [0.15, 0.2) is 4.99 Å². The predicted octanol–water partition coefficient (Wildman–Crippen LogP) is 0.622. The van der Waals surface area contributed by atoms with Crippen LogP contribution < -0.4 is 11.1 Å². The molecule has 5 nitrogen and oxygen atoms in total. The number of guanidine groups is 1. The van der Waals surface area contributed by atoms with E-state index in [1.54, 1.807) is 0 Å². The second kappa shape index (κ2) is 6.38. The molecular weight excluding hydrogens is 230 g/mol. The Morgan fingerprint density at radius 1 is 1.44 bits per heavy atom. The van der Waals surface area contributed by atoms with Crippen molar-refractivity contribution in [3.05, 3.63) is 0 Å². The summed E-state index contributed by atoms with van der Waals surface area (Å²) in [6.07, 6.45) is 6.67. The van der Waals surface area contributed by atoms with Crippen molar-refractivity contribution >= 4 is 5.96 Å². The molecule has 0 radical (unpaired) electrons. The summed E-state index contributed by atoms with van der Waals surface area (Å²) in [5, 5.41) is 12.4. The average molecular weight is 255 g/mol. The molecule has 1 atom stereocenters. The Hall–Kier alpha value is -0.810. The normalized spacial score (nSPS) is 29.9. The van der Waals surface area contributed by atoms with Gasteiger partial charge in [0.15, 0.2) is 5.96 Å². The second-order valence-electron chi connectivity index (χ2n) is 5.60. The van der Waals surface area contributed by atoms with Crippen LogP contribution in [0, 0.1) is 5.41 Å². The van der Waals surface area contributed by atoms with Gasteiger partial charge < -0.3 is 20.9 Å². The van der Waals surface area contributed by atoms with E-state index < -0.39 is 0 Å². The van der Waals surface area contributed by atoms with Gasteiger partial charge in [-0.15, -0.1) is 0 Å². The van der Waals surface area contributed by atoms with Gasteiger partial charge in [-0.05, 0) is 25.7 Å². The zero-order valence-electron chi connectivity index (χ0n) is 11.0. The van der Waals surface area contributed by atoms with E-state index in [1.807, 2.05) is 0 Å². The number of nitrogens with one attached hydrogen (secondary N) is 1. The standard InChI is InChI=1S/C13H25N3O2/c14-12(16-11-3-1-2-4-11)15-9-13(5-7-17)6-8-18-10-13/h11,17H,1-10H2,(H3,14,15,16). The maximum Gasteiger partial charge on any atom is 0.188 e. The van der Waals surface area contributed by atoms with Crippen LogP contribution in [-0.4, -0.2) is 43.5 Å². The van der Waals surface area contributed by atoms with Crippen LogP contribution in [0.2, 0.25) is 0 Å². The quantitative estimate of drug-likeness (QED) is 0.497. The molecule has 2 rings (SSSR count). The highest BCUT2D eigenvalue weighted by molar-refractivity contribution is 5.78. The van der Waals surface area contributed by atoms with E-state index in [0.29, 0.717) is 25.2 Å². The van der Waals surface area contributed by atoms with Crippen LogP contribution in [0.5, 0.6) is 0 Å². The lowest BCUT2D eigenvalue weighted by molar-refractivity contribution is 0.131. The summed E-state index contributed by atoms with van der Waals surface area (Å²) in [7, 11) is 0. The van der Waals surface area contributed by atoms with Gasteiger partial charge in [0.1, 0.15) is 0 Å². The first-order valence-corrected chi connectivity index (χ1v) is 6.99. The highest BCUT2D eigenvalue weighted by atomic mass is 16.5. The molecule has 4 N–H and O–H groups in total. The molecule has 1 unspecified atom stereocenters. The minimum atomic E-state index is -0.00325. The zero-order valence-corrected chi connectivity index (χ0v) is 11.0. The molecule has 2 aliphatic rings. The van der Waals surface area contributed by atoms with Crippen molar-refractivity contribution in [2.45, 2.75) is 44.6 Å². The molecule has 0 bridgehead atoms. The molecule has 0 aromatic rings. The molecule has 18 heavy (non-hydrogen) atoms. The van der Waals surface area contributed by atoms with Crippen LogP contribution in [0.1, 0.15) is 38.5 Å². The van der Waals surface area contributed by atoms with Gasteiger partial charge in [0, 0.05) is 24.7 Å². The summed E-state index contributed by atoms with van der Waals surface area (Å²) >= 11 is 0. The van der Waals surface area contributed by atoms with Crippen LogP contribution >= 0.6 is 0 Å². The van der Waals surface area contributed by atoms with Gasteiger partial charge in [-0.2, -0.15) is 0 Å². The Balaban J connectivity index is 1.83. The van der Waals surface area contributed by atoms with Crippen molar-refractivity contribution in [1.29, 1.82) is 0 Å². The second-order valence-corrected chi connectivity index (χ2v) is 5.60. The van der Waals surface area contributed by atoms with Crippen molar-refractivity contribution in [2.75, 3.05) is 26.4 Å². The summed E-state index contributed by atoms with van der Waals surface area (Å²) in [6, 6.07) is 0.502. The predicted molar refractivity (Wildman–Crippen MR) is 71.5 cm³/mol. The van der Waals surface area contributed by atoms with Crippen molar-refractivity contribution in [3.63, 3.8) is 0 Å². The van der Waals surface area contributed by atoms with Gasteiger partial charge in [0.05, 0.1) is 13.2 Å². The molecule has 1 aliphatic carbocycles. The molecule has 1 aliphatic heterocycles. The van der Waals surface area contributed by atoms with Gasteiger partial charge in [-0.1, -0.05) is 12.8 Å². The van der Waals surface area contributed by atoms with E-state index in [-0.39, 0.29) is 12.0 Å². The third-order valence-corrected chi connectivity index (χ3v) is 4.12. The SMILES string of the molecule is NC(=NCC1(CCO)CCOC1)NC1CCCC1. The number of aliphatic hydroxyl groups excluding tert-OH is 1. The molecule has 5 heteroatoms. The Labute approximate surface area is 109 Å². The molecule has 1 heterocycles. The fourth-order valence-electron chi connectivity index (χ4n) is 2.87. The molecule has 0 spiro atoms. The van der Waals surface area contributed by atoms with Crippen molar-refractivity contribution in [1.82, 2.24) is 5.32 Å². The number of nitrogens with zero attached hydrogens (tertiary/aromatic N) is 1. The number of ether oxygens (including phenoxy) is 1. The Kier molecular flexibility index (Phi) is 4.83. The summed E-state index contributed by atoms with van der Waals surface area (Å²) < 4.78 is 5.44. The van der Waals surface area contributed by atoms with E-state index in [0.717, 1.165) is 19.4 Å². The molecule has 2 fully saturated rings. The lowest BCUT2D eigenvalue weighted by Gasteiger charge is -2.24. The number of aliphatic hydroxyl groups is 1. The van der Waals surface area contributed by atoms with Gasteiger partial charge >= 0.3 is 0 Å². The highest BCUT2D eigenvalue weighted by Crippen LogP contribution is 2.32. The third-order valence-electron chi connectivity index (χ3n) is 4.12. The molecule has 0 amide bonds. The molecule has 0 aromatic carbocycles. The summed E-state index contributed by atoms with van der Waals surface area (Å²) in [4.78, 5) is 4.45. The van der Waals surface area contributed by atoms with Gasteiger partial charge in [-0.3, -0.25) is 4.99 Å². The van der Waals surface area contributed by atoms with Crippen LogP contribution in [0.3, 0.4) is 0 Å². The zero-order chi connectivity index (χ0) is 12.8. The lowest BCUT2D eigenvalue weighted by Crippen LogP contribution is -2.39. The first kappa shape index (κ1) is 13.6. The van der Waals surface area contributed by atoms with E-state index >= 15 is 0 Å². The topological polar surface area (TPSA) is 79.9 Å². The maximum absolute atomic E-state index is 9.14. The van der Waals surface area contributed by atoms with Crippen LogP contribution in [0.25, 0.3) is 0 Å². The van der Waals surface area contributed by atoms with E-state index in [1.165, 1.54) is 25.7 Å². The van der Waals surface area contributed by atoms with E-state index in [2.05, 4.69) is 10.3 Å². The molecule has 104 valence electrons. The first-order valence-electron chi connectivity index (χ1n) is 6.99. The number of nitrogens with two attached hydrogens (primary N) is 1. The number of aliphatic imine (C=N–C) groups is 1. The van der Waals surface area contributed by atoms with E-state index in [9.17, 15) is 0 Å². The smallest absolute Gasteiger partial charge is 0.188 e. The number of rotatable bonds is 5. The first-order chi connectivity index (χ1) is 8.74. The Morgan fingerprint density at radius 2 is 2.22 bits per heavy atom. The number of hydrogen-bond donors (Lipinski definition) is 3.